The topological polar surface area (TPSA) is 93.2 Å². The highest BCUT2D eigenvalue weighted by molar-refractivity contribution is 5.92. The molecule has 0 spiro atoms. The van der Waals surface area contributed by atoms with Gasteiger partial charge in [-0.2, -0.15) is 0 Å². The Kier molecular flexibility index (Phi) is 6.52. The molecular formula is C22H22N4O3. The van der Waals surface area contributed by atoms with Crippen molar-refractivity contribution in [2.45, 2.75) is 20.4 Å². The second-order valence-electron chi connectivity index (χ2n) is 6.38. The van der Waals surface area contributed by atoms with Crippen molar-refractivity contribution >= 4 is 23.4 Å². The molecule has 3 aromatic rings. The lowest BCUT2D eigenvalue weighted by molar-refractivity contribution is 0.0526. The van der Waals surface area contributed by atoms with Crippen molar-refractivity contribution < 1.29 is 14.3 Å². The number of aryl methyl sites for hydroxylation is 1. The van der Waals surface area contributed by atoms with Crippen molar-refractivity contribution in [2.24, 2.45) is 0 Å². The van der Waals surface area contributed by atoms with Crippen molar-refractivity contribution in [1.82, 2.24) is 15.3 Å². The van der Waals surface area contributed by atoms with Crippen LogP contribution >= 0.6 is 0 Å². The number of carbonyl (C=O) groups is 2. The van der Waals surface area contributed by atoms with Crippen LogP contribution in [0.5, 0.6) is 0 Å². The predicted octanol–water partition coefficient (Wildman–Crippen LogP) is 3.64. The van der Waals surface area contributed by atoms with Gasteiger partial charge in [0.2, 0.25) is 0 Å². The number of benzene rings is 2. The highest BCUT2D eigenvalue weighted by Crippen LogP contribution is 2.15. The van der Waals surface area contributed by atoms with Gasteiger partial charge in [-0.25, -0.2) is 14.8 Å². The number of esters is 1. The van der Waals surface area contributed by atoms with Gasteiger partial charge in [-0.15, -0.1) is 0 Å². The molecule has 148 valence electrons. The number of aromatic nitrogens is 2. The lowest BCUT2D eigenvalue weighted by atomic mass is 10.1. The van der Waals surface area contributed by atoms with Gasteiger partial charge in [0.25, 0.3) is 5.91 Å². The van der Waals surface area contributed by atoms with Gasteiger partial charge in [-0.05, 0) is 43.7 Å². The first-order chi connectivity index (χ1) is 14.0. The van der Waals surface area contributed by atoms with Crippen LogP contribution in [-0.4, -0.2) is 28.5 Å². The normalized spacial score (nSPS) is 10.3. The summed E-state index contributed by atoms with van der Waals surface area (Å²) >= 11 is 0. The van der Waals surface area contributed by atoms with E-state index in [4.69, 9.17) is 4.74 Å². The van der Waals surface area contributed by atoms with E-state index >= 15 is 0 Å². The highest BCUT2D eigenvalue weighted by atomic mass is 16.5. The number of carbonyl (C=O) groups excluding carboxylic acids is 2. The molecule has 2 aromatic carbocycles. The van der Waals surface area contributed by atoms with Gasteiger partial charge in [-0.1, -0.05) is 29.8 Å². The Morgan fingerprint density at radius 3 is 2.31 bits per heavy atom. The van der Waals surface area contributed by atoms with Gasteiger partial charge in [0.15, 0.2) is 0 Å². The number of rotatable bonds is 7. The standard InChI is InChI=1S/C22H22N4O3/c1-3-29-22(28)17-8-10-18(11-9-17)26-20-14-23-19(13-24-20)21(27)25-12-16-6-4-15(2)5-7-16/h4-11,13-14H,3,12H2,1-2H3,(H,24,26)(H,25,27). The SMILES string of the molecule is CCOC(=O)c1ccc(Nc2cnc(C(=O)NCc3ccc(C)cc3)cn2)cc1. The van der Waals surface area contributed by atoms with E-state index in [9.17, 15) is 9.59 Å². The van der Waals surface area contributed by atoms with Gasteiger partial charge < -0.3 is 15.4 Å². The molecule has 2 N–H and O–H groups in total. The van der Waals surface area contributed by atoms with Gasteiger partial charge in [0.05, 0.1) is 24.6 Å². The molecule has 3 rings (SSSR count). The molecule has 0 aliphatic carbocycles. The number of nitrogens with one attached hydrogen (secondary N) is 2. The van der Waals surface area contributed by atoms with Crippen molar-refractivity contribution in [3.05, 3.63) is 83.3 Å². The third kappa shape index (κ3) is 5.62. The Hall–Kier alpha value is -3.74. The van der Waals surface area contributed by atoms with E-state index in [1.54, 1.807) is 31.2 Å². The minimum atomic E-state index is -0.361. The molecule has 0 bridgehead atoms. The molecule has 0 radical (unpaired) electrons. The maximum Gasteiger partial charge on any atom is 0.338 e. The average Bonchev–Trinajstić information content (AvgIpc) is 2.74. The first kappa shape index (κ1) is 20.0. The number of amides is 1. The van der Waals surface area contributed by atoms with E-state index in [0.717, 1.165) is 11.3 Å². The number of nitrogens with zero attached hydrogens (tertiary/aromatic N) is 2. The number of anilines is 2. The second-order valence-corrected chi connectivity index (χ2v) is 6.38. The molecule has 1 amide bonds. The quantitative estimate of drug-likeness (QED) is 0.599. The van der Waals surface area contributed by atoms with Crippen LogP contribution in [-0.2, 0) is 11.3 Å². The minimum Gasteiger partial charge on any atom is -0.462 e. The third-order valence-electron chi connectivity index (χ3n) is 4.13. The highest BCUT2D eigenvalue weighted by Gasteiger charge is 2.09. The van der Waals surface area contributed by atoms with Gasteiger partial charge in [0, 0.05) is 12.2 Å². The summed E-state index contributed by atoms with van der Waals surface area (Å²) < 4.78 is 4.96. The third-order valence-corrected chi connectivity index (χ3v) is 4.13. The molecule has 0 aliphatic heterocycles. The molecule has 1 aromatic heterocycles. The first-order valence-corrected chi connectivity index (χ1v) is 9.25. The van der Waals surface area contributed by atoms with Crippen LogP contribution in [0.25, 0.3) is 0 Å². The maximum atomic E-state index is 12.2. The molecule has 1 heterocycles. The van der Waals surface area contributed by atoms with Crippen molar-refractivity contribution in [1.29, 1.82) is 0 Å². The van der Waals surface area contributed by atoms with E-state index in [1.165, 1.54) is 18.0 Å². The predicted molar refractivity (Wildman–Crippen MR) is 110 cm³/mol. The van der Waals surface area contributed by atoms with Gasteiger partial charge >= 0.3 is 5.97 Å². The maximum absolute atomic E-state index is 12.2. The van der Waals surface area contributed by atoms with Crippen LogP contribution in [0.1, 0.15) is 38.9 Å². The summed E-state index contributed by atoms with van der Waals surface area (Å²) in [5.41, 5.74) is 3.64. The minimum absolute atomic E-state index is 0.236. The summed E-state index contributed by atoms with van der Waals surface area (Å²) in [6.45, 7) is 4.54. The van der Waals surface area contributed by atoms with E-state index < -0.39 is 0 Å². The molecule has 7 nitrogen and oxygen atoms in total. The van der Waals surface area contributed by atoms with E-state index in [1.807, 2.05) is 31.2 Å². The lowest BCUT2D eigenvalue weighted by Crippen LogP contribution is -2.24. The molecule has 29 heavy (non-hydrogen) atoms. The Balaban J connectivity index is 1.56. The number of ether oxygens (including phenoxy) is 1. The fourth-order valence-corrected chi connectivity index (χ4v) is 2.54. The van der Waals surface area contributed by atoms with E-state index in [-0.39, 0.29) is 17.6 Å². The fraction of sp³-hybridized carbons (Fsp3) is 0.182. The molecule has 0 fully saturated rings. The summed E-state index contributed by atoms with van der Waals surface area (Å²) in [6.07, 6.45) is 2.90. The Morgan fingerprint density at radius 1 is 0.966 bits per heavy atom. The summed E-state index contributed by atoms with van der Waals surface area (Å²) in [4.78, 5) is 32.3. The Bertz CT molecular complexity index is 968. The van der Waals surface area contributed by atoms with E-state index in [2.05, 4.69) is 20.6 Å². The summed E-state index contributed by atoms with van der Waals surface area (Å²) in [5.74, 6) is -0.160. The number of hydrogen-bond donors (Lipinski definition) is 2. The van der Waals surface area contributed by atoms with E-state index in [0.29, 0.717) is 24.5 Å². The van der Waals surface area contributed by atoms with Crippen LogP contribution in [0.4, 0.5) is 11.5 Å². The largest absolute Gasteiger partial charge is 0.462 e. The van der Waals surface area contributed by atoms with Gasteiger partial charge in [-0.3, -0.25) is 4.79 Å². The monoisotopic (exact) mass is 390 g/mol. The van der Waals surface area contributed by atoms with Crippen molar-refractivity contribution in [2.75, 3.05) is 11.9 Å². The smallest absolute Gasteiger partial charge is 0.338 e. The summed E-state index contributed by atoms with van der Waals surface area (Å²) in [7, 11) is 0. The van der Waals surface area contributed by atoms with Gasteiger partial charge in [0.1, 0.15) is 11.5 Å². The Labute approximate surface area is 169 Å². The first-order valence-electron chi connectivity index (χ1n) is 9.25. The van der Waals surface area contributed by atoms with Crippen LogP contribution in [0.15, 0.2) is 60.9 Å². The van der Waals surface area contributed by atoms with Crippen LogP contribution in [0.2, 0.25) is 0 Å². The number of hydrogen-bond acceptors (Lipinski definition) is 6. The molecule has 0 unspecified atom stereocenters. The van der Waals surface area contributed by atoms with Crippen molar-refractivity contribution in [3.8, 4) is 0 Å². The molecule has 0 aliphatic rings. The Morgan fingerprint density at radius 2 is 1.69 bits per heavy atom. The molecule has 7 heteroatoms. The average molecular weight is 390 g/mol. The zero-order chi connectivity index (χ0) is 20.6. The molecule has 0 saturated carbocycles. The second kappa shape index (κ2) is 9.45. The summed E-state index contributed by atoms with van der Waals surface area (Å²) in [5, 5.41) is 5.90. The molecule has 0 atom stereocenters. The van der Waals surface area contributed by atoms with Crippen molar-refractivity contribution in [3.63, 3.8) is 0 Å². The summed E-state index contributed by atoms with van der Waals surface area (Å²) in [6, 6.07) is 14.8. The molecular weight excluding hydrogens is 368 g/mol. The van der Waals surface area contributed by atoms with Crippen LogP contribution < -0.4 is 10.6 Å². The fourth-order valence-electron chi connectivity index (χ4n) is 2.54. The zero-order valence-corrected chi connectivity index (χ0v) is 16.3. The zero-order valence-electron chi connectivity index (χ0n) is 16.3. The van der Waals surface area contributed by atoms with Crippen LogP contribution in [0.3, 0.4) is 0 Å². The lowest BCUT2D eigenvalue weighted by Gasteiger charge is -2.08. The van der Waals surface area contributed by atoms with Crippen LogP contribution in [0, 0.1) is 6.92 Å². The molecule has 0 saturated heterocycles.